The molecule has 0 spiro atoms. The van der Waals surface area contributed by atoms with Gasteiger partial charge in [0.1, 0.15) is 0 Å². The highest BCUT2D eigenvalue weighted by Gasteiger charge is 2.33. The maximum atomic E-state index is 11.6. The molecule has 0 radical (unpaired) electrons. The van der Waals surface area contributed by atoms with Crippen molar-refractivity contribution in [3.8, 4) is 0 Å². The lowest BCUT2D eigenvalue weighted by molar-refractivity contribution is 0.224. The molecule has 1 aromatic carbocycles. The van der Waals surface area contributed by atoms with Gasteiger partial charge in [-0.25, -0.2) is 8.42 Å². The van der Waals surface area contributed by atoms with Crippen LogP contribution in [0.3, 0.4) is 0 Å². The zero-order chi connectivity index (χ0) is 14.2. The number of hydrogen-bond donors (Lipinski definition) is 0. The van der Waals surface area contributed by atoms with E-state index in [0.29, 0.717) is 23.5 Å². The first-order chi connectivity index (χ1) is 9.55. The summed E-state index contributed by atoms with van der Waals surface area (Å²) in [7, 11) is -2.78. The molecule has 5 heteroatoms. The van der Waals surface area contributed by atoms with Crippen LogP contribution in [0, 0.1) is 5.92 Å². The van der Waals surface area contributed by atoms with E-state index in [1.807, 2.05) is 18.2 Å². The van der Waals surface area contributed by atoms with Gasteiger partial charge >= 0.3 is 0 Å². The third kappa shape index (κ3) is 3.02. The van der Waals surface area contributed by atoms with Gasteiger partial charge in [-0.15, -0.1) is 0 Å². The molecular formula is C15H20ClNO2S. The number of rotatable bonds is 3. The van der Waals surface area contributed by atoms with Crippen LogP contribution in [0.4, 0.5) is 0 Å². The number of nitrogens with zero attached hydrogens (tertiary/aromatic N) is 1. The van der Waals surface area contributed by atoms with Gasteiger partial charge in [-0.2, -0.15) is 0 Å². The van der Waals surface area contributed by atoms with Crippen LogP contribution in [-0.4, -0.2) is 37.9 Å². The Morgan fingerprint density at radius 1 is 1.25 bits per heavy atom. The number of sulfone groups is 1. The molecule has 0 N–H and O–H groups in total. The molecule has 0 aliphatic carbocycles. The summed E-state index contributed by atoms with van der Waals surface area (Å²) in [5, 5.41) is 0.823. The molecule has 1 aromatic rings. The molecule has 3 rings (SSSR count). The van der Waals surface area contributed by atoms with Gasteiger partial charge in [-0.3, -0.25) is 4.90 Å². The van der Waals surface area contributed by atoms with Crippen LogP contribution in [0.15, 0.2) is 24.3 Å². The van der Waals surface area contributed by atoms with Crippen molar-refractivity contribution in [1.82, 2.24) is 4.90 Å². The van der Waals surface area contributed by atoms with E-state index in [2.05, 4.69) is 11.0 Å². The normalized spacial score (nSPS) is 29.9. The molecule has 0 unspecified atom stereocenters. The third-order valence-electron chi connectivity index (χ3n) is 4.45. The Balaban J connectivity index is 1.72. The maximum Gasteiger partial charge on any atom is 0.150 e. The molecule has 2 aliphatic rings. The lowest BCUT2D eigenvalue weighted by Crippen LogP contribution is -2.30. The Morgan fingerprint density at radius 2 is 2.05 bits per heavy atom. The predicted octanol–water partition coefficient (Wildman–Crippen LogP) is 2.91. The molecule has 0 bridgehead atoms. The minimum absolute atomic E-state index is 0.295. The quantitative estimate of drug-likeness (QED) is 0.861. The fraction of sp³-hybridized carbons (Fsp3) is 0.600. The summed E-state index contributed by atoms with van der Waals surface area (Å²) in [6, 6.07) is 8.36. The summed E-state index contributed by atoms with van der Waals surface area (Å²) >= 11 is 6.31. The van der Waals surface area contributed by atoms with Gasteiger partial charge in [-0.1, -0.05) is 29.8 Å². The second kappa shape index (κ2) is 5.66. The van der Waals surface area contributed by atoms with Crippen LogP contribution in [-0.2, 0) is 9.84 Å². The Bertz CT molecular complexity index is 587. The van der Waals surface area contributed by atoms with Crippen LogP contribution in [0.1, 0.15) is 30.9 Å². The van der Waals surface area contributed by atoms with Crippen molar-refractivity contribution in [3.05, 3.63) is 34.9 Å². The summed E-state index contributed by atoms with van der Waals surface area (Å²) in [5.74, 6) is 1.02. The SMILES string of the molecule is O=S1(=O)CC[C@@H](CN2CCC[C@@H]2c2ccccc2Cl)C1. The topological polar surface area (TPSA) is 37.4 Å². The summed E-state index contributed by atoms with van der Waals surface area (Å²) in [4.78, 5) is 2.42. The summed E-state index contributed by atoms with van der Waals surface area (Å²) in [6.45, 7) is 1.93. The fourth-order valence-electron chi connectivity index (χ4n) is 3.49. The van der Waals surface area contributed by atoms with Crippen LogP contribution in [0.2, 0.25) is 5.02 Å². The largest absolute Gasteiger partial charge is 0.296 e. The molecule has 2 aliphatic heterocycles. The molecule has 20 heavy (non-hydrogen) atoms. The van der Waals surface area contributed by atoms with Gasteiger partial charge in [-0.05, 0) is 43.4 Å². The first-order valence-corrected chi connectivity index (χ1v) is 9.44. The monoisotopic (exact) mass is 313 g/mol. The molecule has 3 nitrogen and oxygen atoms in total. The first-order valence-electron chi connectivity index (χ1n) is 7.24. The van der Waals surface area contributed by atoms with Crippen LogP contribution in [0.5, 0.6) is 0 Å². The standard InChI is InChI=1S/C15H20ClNO2S/c16-14-5-2-1-4-13(14)15-6-3-8-17(15)10-12-7-9-20(18,19)11-12/h1-2,4-5,12,15H,3,6-11H2/t12-,15+/m0/s1. The highest BCUT2D eigenvalue weighted by molar-refractivity contribution is 7.91. The molecule has 2 atom stereocenters. The Hall–Kier alpha value is -0.580. The number of halogens is 1. The van der Waals surface area contributed by atoms with E-state index >= 15 is 0 Å². The molecule has 2 saturated heterocycles. The molecule has 110 valence electrons. The van der Waals surface area contributed by atoms with Crippen molar-refractivity contribution in [2.75, 3.05) is 24.6 Å². The maximum absolute atomic E-state index is 11.6. The van der Waals surface area contributed by atoms with Gasteiger partial charge in [0.15, 0.2) is 9.84 Å². The Morgan fingerprint density at radius 3 is 2.75 bits per heavy atom. The van der Waals surface area contributed by atoms with E-state index in [0.717, 1.165) is 37.4 Å². The minimum Gasteiger partial charge on any atom is -0.296 e. The van der Waals surface area contributed by atoms with E-state index in [4.69, 9.17) is 11.6 Å². The lowest BCUT2D eigenvalue weighted by atomic mass is 10.0. The Kier molecular flexibility index (Phi) is 4.07. The van der Waals surface area contributed by atoms with Gasteiger partial charge in [0, 0.05) is 17.6 Å². The molecule has 0 saturated carbocycles. The average Bonchev–Trinajstić information content (AvgIpc) is 2.97. The Labute approximate surface area is 125 Å². The zero-order valence-corrected chi connectivity index (χ0v) is 13.0. The van der Waals surface area contributed by atoms with Crippen molar-refractivity contribution in [1.29, 1.82) is 0 Å². The average molecular weight is 314 g/mol. The highest BCUT2D eigenvalue weighted by Crippen LogP contribution is 2.36. The van der Waals surface area contributed by atoms with Crippen LogP contribution >= 0.6 is 11.6 Å². The number of likely N-dealkylation sites (tertiary alicyclic amines) is 1. The van der Waals surface area contributed by atoms with Gasteiger partial charge in [0.05, 0.1) is 11.5 Å². The van der Waals surface area contributed by atoms with Crippen molar-refractivity contribution >= 4 is 21.4 Å². The molecule has 0 amide bonds. The van der Waals surface area contributed by atoms with Gasteiger partial charge in [0.2, 0.25) is 0 Å². The van der Waals surface area contributed by atoms with E-state index in [-0.39, 0.29) is 0 Å². The highest BCUT2D eigenvalue weighted by atomic mass is 35.5. The van der Waals surface area contributed by atoms with Crippen molar-refractivity contribution < 1.29 is 8.42 Å². The molecule has 2 heterocycles. The van der Waals surface area contributed by atoms with Crippen LogP contribution < -0.4 is 0 Å². The summed E-state index contributed by atoms with van der Waals surface area (Å²) in [5.41, 5.74) is 1.19. The van der Waals surface area contributed by atoms with Gasteiger partial charge < -0.3 is 0 Å². The van der Waals surface area contributed by atoms with Gasteiger partial charge in [0.25, 0.3) is 0 Å². The zero-order valence-electron chi connectivity index (χ0n) is 11.5. The summed E-state index contributed by atoms with van der Waals surface area (Å²) in [6.07, 6.45) is 3.09. The van der Waals surface area contributed by atoms with Crippen molar-refractivity contribution in [2.24, 2.45) is 5.92 Å². The predicted molar refractivity (Wildman–Crippen MR) is 81.8 cm³/mol. The van der Waals surface area contributed by atoms with E-state index in [9.17, 15) is 8.42 Å². The number of benzene rings is 1. The molecule has 2 fully saturated rings. The summed E-state index contributed by atoms with van der Waals surface area (Å²) < 4.78 is 23.2. The minimum atomic E-state index is -2.78. The smallest absolute Gasteiger partial charge is 0.150 e. The van der Waals surface area contributed by atoms with E-state index < -0.39 is 9.84 Å². The van der Waals surface area contributed by atoms with E-state index in [1.54, 1.807) is 0 Å². The second-order valence-corrected chi connectivity index (χ2v) is 8.58. The first kappa shape index (κ1) is 14.4. The molecular weight excluding hydrogens is 294 g/mol. The van der Waals surface area contributed by atoms with Crippen molar-refractivity contribution in [2.45, 2.75) is 25.3 Å². The van der Waals surface area contributed by atoms with E-state index in [1.165, 1.54) is 5.56 Å². The third-order valence-corrected chi connectivity index (χ3v) is 6.63. The lowest BCUT2D eigenvalue weighted by Gasteiger charge is -2.27. The second-order valence-electron chi connectivity index (χ2n) is 5.94. The fourth-order valence-corrected chi connectivity index (χ4v) is 5.60. The number of hydrogen-bond acceptors (Lipinski definition) is 3. The van der Waals surface area contributed by atoms with Crippen molar-refractivity contribution in [3.63, 3.8) is 0 Å². The molecule has 0 aromatic heterocycles. The van der Waals surface area contributed by atoms with Crippen LogP contribution in [0.25, 0.3) is 0 Å².